The molecule has 0 bridgehead atoms. The van der Waals surface area contributed by atoms with Crippen LogP contribution in [0, 0.1) is 5.41 Å². The molecule has 182 valence electrons. The molecule has 1 aliphatic carbocycles. The number of aromatic nitrogens is 1. The predicted molar refractivity (Wildman–Crippen MR) is 142 cm³/mol. The standard InChI is InChI=1S/C29H27N3O3S/c1-29(28(35)30-25-14-15-36-31-25)17-20-12-13-21(33)16-24(20)26(29)23-7-5-4-6-22(23)18-8-10-19(11-9-18)27(34)32(2)3/h4-16,26,33H,17H2,1-3H3,(H,30,31,35)/t26-,29-/m0/s1. The largest absolute Gasteiger partial charge is 0.508 e. The Morgan fingerprint density at radius 2 is 1.78 bits per heavy atom. The van der Waals surface area contributed by atoms with Crippen molar-refractivity contribution in [2.45, 2.75) is 19.3 Å². The van der Waals surface area contributed by atoms with Crippen LogP contribution in [0.4, 0.5) is 5.82 Å². The molecule has 36 heavy (non-hydrogen) atoms. The molecule has 0 radical (unpaired) electrons. The molecule has 5 rings (SSSR count). The van der Waals surface area contributed by atoms with Gasteiger partial charge in [0.2, 0.25) is 5.91 Å². The summed E-state index contributed by atoms with van der Waals surface area (Å²) >= 11 is 1.29. The fraction of sp³-hybridized carbons (Fsp3) is 0.207. The van der Waals surface area contributed by atoms with Gasteiger partial charge in [0.05, 0.1) is 5.41 Å². The molecular formula is C29H27N3O3S. The molecular weight excluding hydrogens is 470 g/mol. The van der Waals surface area contributed by atoms with Gasteiger partial charge in [-0.25, -0.2) is 0 Å². The third-order valence-electron chi connectivity index (χ3n) is 6.95. The average molecular weight is 498 g/mol. The first-order valence-electron chi connectivity index (χ1n) is 11.7. The van der Waals surface area contributed by atoms with E-state index in [4.69, 9.17) is 0 Å². The van der Waals surface area contributed by atoms with Crippen molar-refractivity contribution in [3.8, 4) is 16.9 Å². The van der Waals surface area contributed by atoms with Crippen LogP contribution in [0.2, 0.25) is 0 Å². The Bertz CT molecular complexity index is 1430. The second-order valence-electron chi connectivity index (χ2n) is 9.61. The van der Waals surface area contributed by atoms with Crippen LogP contribution < -0.4 is 5.32 Å². The van der Waals surface area contributed by atoms with Crippen LogP contribution in [0.3, 0.4) is 0 Å². The van der Waals surface area contributed by atoms with E-state index in [-0.39, 0.29) is 23.5 Å². The van der Waals surface area contributed by atoms with Crippen LogP contribution in [0.15, 0.2) is 78.2 Å². The van der Waals surface area contributed by atoms with Gasteiger partial charge in [-0.05, 0) is 83.0 Å². The van der Waals surface area contributed by atoms with Crippen LogP contribution in [0.1, 0.15) is 39.9 Å². The van der Waals surface area contributed by atoms with Crippen molar-refractivity contribution >= 4 is 29.2 Å². The zero-order chi connectivity index (χ0) is 25.4. The van der Waals surface area contributed by atoms with Crippen LogP contribution in [-0.4, -0.2) is 40.3 Å². The van der Waals surface area contributed by atoms with Crippen molar-refractivity contribution in [1.29, 1.82) is 0 Å². The van der Waals surface area contributed by atoms with Crippen molar-refractivity contribution < 1.29 is 14.7 Å². The second-order valence-corrected chi connectivity index (χ2v) is 10.3. The topological polar surface area (TPSA) is 82.5 Å². The highest BCUT2D eigenvalue weighted by Crippen LogP contribution is 2.53. The van der Waals surface area contributed by atoms with Crippen molar-refractivity contribution in [2.24, 2.45) is 5.41 Å². The minimum atomic E-state index is -0.809. The smallest absolute Gasteiger partial charge is 0.253 e. The molecule has 1 aromatic heterocycles. The van der Waals surface area contributed by atoms with Crippen LogP contribution in [-0.2, 0) is 11.2 Å². The number of rotatable bonds is 5. The summed E-state index contributed by atoms with van der Waals surface area (Å²) < 4.78 is 4.26. The van der Waals surface area contributed by atoms with Gasteiger partial charge in [-0.15, -0.1) is 0 Å². The van der Waals surface area contributed by atoms with Crippen molar-refractivity contribution in [3.63, 3.8) is 0 Å². The quantitative estimate of drug-likeness (QED) is 0.379. The average Bonchev–Trinajstić information content (AvgIpc) is 3.49. The van der Waals surface area contributed by atoms with E-state index in [9.17, 15) is 14.7 Å². The van der Waals surface area contributed by atoms with Gasteiger partial charge in [0.25, 0.3) is 5.91 Å². The Morgan fingerprint density at radius 3 is 2.47 bits per heavy atom. The highest BCUT2D eigenvalue weighted by atomic mass is 32.1. The van der Waals surface area contributed by atoms with Crippen LogP contribution >= 0.6 is 11.5 Å². The molecule has 1 aliphatic rings. The zero-order valence-electron chi connectivity index (χ0n) is 20.4. The van der Waals surface area contributed by atoms with Gasteiger partial charge >= 0.3 is 0 Å². The first-order valence-corrected chi connectivity index (χ1v) is 12.6. The molecule has 3 aromatic carbocycles. The number of amides is 2. The molecule has 2 atom stereocenters. The lowest BCUT2D eigenvalue weighted by Gasteiger charge is -2.32. The molecule has 0 saturated heterocycles. The molecule has 2 N–H and O–H groups in total. The lowest BCUT2D eigenvalue weighted by molar-refractivity contribution is -0.125. The molecule has 1 heterocycles. The summed E-state index contributed by atoms with van der Waals surface area (Å²) in [6.45, 7) is 1.98. The summed E-state index contributed by atoms with van der Waals surface area (Å²) in [7, 11) is 3.46. The van der Waals surface area contributed by atoms with Gasteiger partial charge in [-0.3, -0.25) is 9.59 Å². The van der Waals surface area contributed by atoms with E-state index in [1.165, 1.54) is 11.5 Å². The Balaban J connectivity index is 1.62. The molecule has 0 spiro atoms. The van der Waals surface area contributed by atoms with Gasteiger partial charge in [0, 0.05) is 31.0 Å². The van der Waals surface area contributed by atoms with Crippen LogP contribution in [0.5, 0.6) is 5.75 Å². The van der Waals surface area contributed by atoms with Gasteiger partial charge in [0.15, 0.2) is 0 Å². The number of hydrogen-bond donors (Lipinski definition) is 2. The number of phenols is 1. The number of phenolic OH excluding ortho intramolecular Hbond substituents is 1. The summed E-state index contributed by atoms with van der Waals surface area (Å²) in [4.78, 5) is 27.7. The number of nitrogens with one attached hydrogen (secondary N) is 1. The van der Waals surface area contributed by atoms with Crippen LogP contribution in [0.25, 0.3) is 11.1 Å². The fourth-order valence-electron chi connectivity index (χ4n) is 5.17. The van der Waals surface area contributed by atoms with Gasteiger partial charge in [0.1, 0.15) is 11.6 Å². The number of fused-ring (bicyclic) bond motifs is 1. The maximum atomic E-state index is 13.8. The maximum absolute atomic E-state index is 13.8. The highest BCUT2D eigenvalue weighted by Gasteiger charge is 2.49. The summed E-state index contributed by atoms with van der Waals surface area (Å²) in [5.41, 5.74) is 4.71. The van der Waals surface area contributed by atoms with Crippen molar-refractivity contribution in [3.05, 3.63) is 100 Å². The maximum Gasteiger partial charge on any atom is 0.253 e. The van der Waals surface area contributed by atoms with E-state index < -0.39 is 5.41 Å². The summed E-state index contributed by atoms with van der Waals surface area (Å²) in [6.07, 6.45) is 0.536. The van der Waals surface area contributed by atoms with Gasteiger partial charge < -0.3 is 15.3 Å². The van der Waals surface area contributed by atoms with Crippen molar-refractivity contribution in [1.82, 2.24) is 9.27 Å². The number of carbonyl (C=O) groups excluding carboxylic acids is 2. The molecule has 0 unspecified atom stereocenters. The van der Waals surface area contributed by atoms with E-state index in [2.05, 4.69) is 9.69 Å². The number of anilines is 1. The number of aromatic hydroxyl groups is 1. The Hall–Kier alpha value is -3.97. The van der Waals surface area contributed by atoms with Gasteiger partial charge in [-0.1, -0.05) is 42.5 Å². The fourth-order valence-corrected chi connectivity index (χ4v) is 5.64. The Labute approximate surface area is 214 Å². The molecule has 6 nitrogen and oxygen atoms in total. The van der Waals surface area contributed by atoms with E-state index in [0.29, 0.717) is 17.8 Å². The molecule has 0 saturated carbocycles. The molecule has 4 aromatic rings. The number of hydrogen-bond acceptors (Lipinski definition) is 5. The molecule has 0 fully saturated rings. The second kappa shape index (κ2) is 9.24. The number of carbonyl (C=O) groups is 2. The Morgan fingerprint density at radius 1 is 1.03 bits per heavy atom. The zero-order valence-corrected chi connectivity index (χ0v) is 21.2. The monoisotopic (exact) mass is 497 g/mol. The molecule has 2 amide bonds. The first kappa shape index (κ1) is 23.8. The minimum absolute atomic E-state index is 0.0543. The van der Waals surface area contributed by atoms with E-state index in [1.807, 2.05) is 66.9 Å². The number of benzene rings is 3. The normalized spacial score (nSPS) is 18.5. The Kier molecular flexibility index (Phi) is 6.10. The lowest BCUT2D eigenvalue weighted by Crippen LogP contribution is -2.38. The van der Waals surface area contributed by atoms with E-state index in [0.717, 1.165) is 27.8 Å². The molecule has 7 heteroatoms. The lowest BCUT2D eigenvalue weighted by atomic mass is 9.71. The number of nitrogens with zero attached hydrogens (tertiary/aromatic N) is 2. The highest BCUT2D eigenvalue weighted by molar-refractivity contribution is 7.03. The van der Waals surface area contributed by atoms with Crippen molar-refractivity contribution in [2.75, 3.05) is 19.4 Å². The summed E-state index contributed by atoms with van der Waals surface area (Å²) in [5.74, 6) is 0.250. The summed E-state index contributed by atoms with van der Waals surface area (Å²) in [5, 5.41) is 15.2. The van der Waals surface area contributed by atoms with E-state index in [1.54, 1.807) is 37.2 Å². The summed E-state index contributed by atoms with van der Waals surface area (Å²) in [6, 6.07) is 22.7. The predicted octanol–water partition coefficient (Wildman–Crippen LogP) is 5.55. The molecule has 0 aliphatic heterocycles. The minimum Gasteiger partial charge on any atom is -0.508 e. The first-order chi connectivity index (χ1) is 17.3. The third-order valence-corrected chi connectivity index (χ3v) is 7.51. The van der Waals surface area contributed by atoms with Gasteiger partial charge in [-0.2, -0.15) is 4.37 Å². The van der Waals surface area contributed by atoms with E-state index >= 15 is 0 Å². The SMILES string of the molecule is CN(C)C(=O)c1ccc(-c2ccccc2[C@H]2c3cc(O)ccc3C[C@]2(C)C(=O)Nc2ccsn2)cc1. The third kappa shape index (κ3) is 4.16.